The number of rotatable bonds is 12. The van der Waals surface area contributed by atoms with Gasteiger partial charge in [-0.3, -0.25) is 25.1 Å². The van der Waals surface area contributed by atoms with E-state index in [1.165, 1.54) is 12.1 Å². The lowest BCUT2D eigenvalue weighted by atomic mass is 10.0. The first-order chi connectivity index (χ1) is 19.0. The van der Waals surface area contributed by atoms with Crippen LogP contribution in [-0.2, 0) is 40.4 Å². The lowest BCUT2D eigenvalue weighted by Crippen LogP contribution is -2.52. The molecule has 2 aromatic rings. The van der Waals surface area contributed by atoms with Gasteiger partial charge in [-0.1, -0.05) is 30.3 Å². The number of hydrogen-bond acceptors (Lipinski definition) is 8. The summed E-state index contributed by atoms with van der Waals surface area (Å²) in [4.78, 5) is 48.4. The molecule has 0 saturated carbocycles. The molecule has 1 heterocycles. The summed E-state index contributed by atoms with van der Waals surface area (Å²) in [6, 6.07) is 11.3. The fourth-order valence-electron chi connectivity index (χ4n) is 3.87. The second-order valence-corrected chi connectivity index (χ2v) is 10.8. The van der Waals surface area contributed by atoms with Crippen molar-refractivity contribution >= 4 is 45.4 Å². The van der Waals surface area contributed by atoms with Gasteiger partial charge in [0.1, 0.15) is 18.8 Å². The molecule has 40 heavy (non-hydrogen) atoms. The quantitative estimate of drug-likeness (QED) is 0.148. The Hall–Kier alpha value is -4.34. The van der Waals surface area contributed by atoms with Gasteiger partial charge in [-0.15, -0.1) is 0 Å². The standard InChI is InChI=1S/C25H30N6O8S/c26-25(27)30-22(33)8-4-7-21(32)28-17-11-9-16(10-12-17)13-19(24(35)36)29-23(34)20-14-39-15-31(20)40(37,38)18-5-2-1-3-6-18/h1-3,5-6,9-12,19-20H,4,7-8,13-15H2,(H,28,32)(H,29,34)(H,35,36)(H4,26,27,30,33)/t19-,20-/m0/s1. The van der Waals surface area contributed by atoms with E-state index in [4.69, 9.17) is 15.9 Å². The number of ether oxygens (including phenoxy) is 1. The Morgan fingerprint density at radius 3 is 2.33 bits per heavy atom. The Morgan fingerprint density at radius 2 is 1.70 bits per heavy atom. The highest BCUT2D eigenvalue weighted by atomic mass is 32.2. The number of hydrogen-bond donors (Lipinski definition) is 6. The van der Waals surface area contributed by atoms with Gasteiger partial charge in [0.15, 0.2) is 5.96 Å². The lowest BCUT2D eigenvalue weighted by Gasteiger charge is -2.23. The largest absolute Gasteiger partial charge is 0.480 e. The maximum absolute atomic E-state index is 13.0. The summed E-state index contributed by atoms with van der Waals surface area (Å²) >= 11 is 0. The fraction of sp³-hybridized carbons (Fsp3) is 0.320. The van der Waals surface area contributed by atoms with Crippen LogP contribution in [0.3, 0.4) is 0 Å². The van der Waals surface area contributed by atoms with Gasteiger partial charge in [-0.25, -0.2) is 13.2 Å². The first kappa shape index (κ1) is 30.2. The number of benzene rings is 2. The van der Waals surface area contributed by atoms with E-state index in [1.54, 1.807) is 42.5 Å². The number of anilines is 1. The number of carboxylic acid groups (broad SMARTS) is 1. The smallest absolute Gasteiger partial charge is 0.326 e. The van der Waals surface area contributed by atoms with E-state index in [1.807, 2.05) is 0 Å². The molecule has 2 aromatic carbocycles. The maximum Gasteiger partial charge on any atom is 0.326 e. The van der Waals surface area contributed by atoms with E-state index in [9.17, 15) is 32.7 Å². The highest BCUT2D eigenvalue weighted by molar-refractivity contribution is 7.89. The summed E-state index contributed by atoms with van der Waals surface area (Å²) in [6.07, 6.45) is 0.234. The molecule has 2 atom stereocenters. The van der Waals surface area contributed by atoms with E-state index >= 15 is 0 Å². The second-order valence-electron chi connectivity index (χ2n) is 8.88. The predicted molar refractivity (Wildman–Crippen MR) is 142 cm³/mol. The SMILES string of the molecule is N=C(N)NC(=O)CCCC(=O)Nc1ccc(C[C@H](NC(=O)[C@@H]2COCN2S(=O)(=O)c2ccccc2)C(=O)O)cc1. The zero-order valence-electron chi connectivity index (χ0n) is 21.3. The third-order valence-electron chi connectivity index (χ3n) is 5.87. The molecule has 14 nitrogen and oxygen atoms in total. The lowest BCUT2D eigenvalue weighted by molar-refractivity contribution is -0.142. The van der Waals surface area contributed by atoms with Crippen molar-refractivity contribution in [1.29, 1.82) is 5.41 Å². The van der Waals surface area contributed by atoms with Crippen LogP contribution in [0.2, 0.25) is 0 Å². The summed E-state index contributed by atoms with van der Waals surface area (Å²) < 4.78 is 32.1. The molecular formula is C25H30N6O8S. The van der Waals surface area contributed by atoms with Crippen molar-refractivity contribution < 1.29 is 37.4 Å². The van der Waals surface area contributed by atoms with Gasteiger partial charge in [-0.2, -0.15) is 4.31 Å². The molecule has 0 aliphatic carbocycles. The van der Waals surface area contributed by atoms with Gasteiger partial charge in [-0.05, 0) is 36.2 Å². The van der Waals surface area contributed by atoms with Gasteiger partial charge in [0.2, 0.25) is 27.7 Å². The molecule has 3 rings (SSSR count). The predicted octanol–water partition coefficient (Wildman–Crippen LogP) is -0.0358. The summed E-state index contributed by atoms with van der Waals surface area (Å²) in [5, 5.41) is 23.9. The van der Waals surface area contributed by atoms with Crippen LogP contribution < -0.4 is 21.7 Å². The number of sulfonamides is 1. The highest BCUT2D eigenvalue weighted by Crippen LogP contribution is 2.22. The van der Waals surface area contributed by atoms with Crippen LogP contribution in [0.4, 0.5) is 5.69 Å². The molecule has 214 valence electrons. The Bertz CT molecular complexity index is 1350. The van der Waals surface area contributed by atoms with Crippen LogP contribution in [0, 0.1) is 5.41 Å². The van der Waals surface area contributed by atoms with E-state index in [0.29, 0.717) is 11.3 Å². The van der Waals surface area contributed by atoms with Crippen LogP contribution in [0.25, 0.3) is 0 Å². The Balaban J connectivity index is 1.56. The minimum atomic E-state index is -4.05. The molecule has 15 heteroatoms. The number of carbonyl (C=O) groups is 4. The molecule has 0 unspecified atom stereocenters. The molecule has 1 saturated heterocycles. The molecule has 1 aliphatic rings. The number of nitrogens with one attached hydrogen (secondary N) is 4. The molecule has 0 radical (unpaired) electrons. The Kier molecular flexibility index (Phi) is 10.3. The monoisotopic (exact) mass is 574 g/mol. The molecule has 1 fully saturated rings. The summed E-state index contributed by atoms with van der Waals surface area (Å²) in [7, 11) is -4.05. The minimum Gasteiger partial charge on any atom is -0.480 e. The number of nitrogens with zero attached hydrogens (tertiary/aromatic N) is 1. The van der Waals surface area contributed by atoms with E-state index in [-0.39, 0.29) is 49.8 Å². The number of nitrogens with two attached hydrogens (primary N) is 1. The van der Waals surface area contributed by atoms with Gasteiger partial charge < -0.3 is 26.2 Å². The molecule has 3 amide bonds. The van der Waals surface area contributed by atoms with Crippen molar-refractivity contribution in [3.05, 3.63) is 60.2 Å². The topological polar surface area (TPSA) is 221 Å². The van der Waals surface area contributed by atoms with Crippen LogP contribution in [0.1, 0.15) is 24.8 Å². The van der Waals surface area contributed by atoms with Gasteiger partial charge >= 0.3 is 5.97 Å². The van der Waals surface area contributed by atoms with Crippen LogP contribution >= 0.6 is 0 Å². The third-order valence-corrected chi connectivity index (χ3v) is 7.71. The zero-order valence-corrected chi connectivity index (χ0v) is 22.1. The molecular weight excluding hydrogens is 544 g/mol. The van der Waals surface area contributed by atoms with Crippen molar-refractivity contribution in [1.82, 2.24) is 14.9 Å². The van der Waals surface area contributed by atoms with Crippen molar-refractivity contribution in [3.63, 3.8) is 0 Å². The molecule has 1 aliphatic heterocycles. The van der Waals surface area contributed by atoms with Gasteiger partial charge in [0.05, 0.1) is 11.5 Å². The number of carbonyl (C=O) groups excluding carboxylic acids is 3. The maximum atomic E-state index is 13.0. The van der Waals surface area contributed by atoms with Gasteiger partial charge in [0, 0.05) is 24.9 Å². The second kappa shape index (κ2) is 13.6. The Morgan fingerprint density at radius 1 is 1.05 bits per heavy atom. The van der Waals surface area contributed by atoms with Crippen molar-refractivity contribution in [2.24, 2.45) is 5.73 Å². The van der Waals surface area contributed by atoms with Gasteiger partial charge in [0.25, 0.3) is 0 Å². The molecule has 0 spiro atoms. The summed E-state index contributed by atoms with van der Waals surface area (Å²) in [5.41, 5.74) is 6.06. The molecule has 7 N–H and O–H groups in total. The number of guanidine groups is 1. The summed E-state index contributed by atoms with van der Waals surface area (Å²) in [6.45, 7) is -0.564. The zero-order chi connectivity index (χ0) is 29.3. The van der Waals surface area contributed by atoms with Crippen LogP contribution in [0.5, 0.6) is 0 Å². The first-order valence-electron chi connectivity index (χ1n) is 12.2. The third kappa shape index (κ3) is 8.33. The average Bonchev–Trinajstić information content (AvgIpc) is 3.41. The van der Waals surface area contributed by atoms with E-state index < -0.39 is 45.9 Å². The van der Waals surface area contributed by atoms with Crippen molar-refractivity contribution in [2.75, 3.05) is 18.7 Å². The van der Waals surface area contributed by atoms with E-state index in [2.05, 4.69) is 16.0 Å². The normalized spacial score (nSPS) is 16.1. The average molecular weight is 575 g/mol. The first-order valence-corrected chi connectivity index (χ1v) is 13.6. The summed E-state index contributed by atoms with van der Waals surface area (Å²) in [5.74, 6) is -3.38. The Labute approximate surface area is 230 Å². The minimum absolute atomic E-state index is 0.0151. The molecule has 0 aromatic heterocycles. The van der Waals surface area contributed by atoms with Crippen LogP contribution in [-0.4, -0.2) is 72.9 Å². The van der Waals surface area contributed by atoms with Crippen molar-refractivity contribution in [3.8, 4) is 0 Å². The van der Waals surface area contributed by atoms with E-state index in [0.717, 1.165) is 4.31 Å². The number of amides is 3. The highest BCUT2D eigenvalue weighted by Gasteiger charge is 2.41. The fourth-order valence-corrected chi connectivity index (χ4v) is 5.35. The van der Waals surface area contributed by atoms with Crippen molar-refractivity contribution in [2.45, 2.75) is 42.7 Å². The van der Waals surface area contributed by atoms with Crippen LogP contribution in [0.15, 0.2) is 59.5 Å². The number of aliphatic carboxylic acids is 1. The molecule has 0 bridgehead atoms. The number of carboxylic acids is 1.